The Morgan fingerprint density at radius 1 is 1.17 bits per heavy atom. The predicted molar refractivity (Wildman–Crippen MR) is 68.5 cm³/mol. The zero-order chi connectivity index (χ0) is 12.5. The fraction of sp³-hybridized carbons (Fsp3) is 0.0714. The summed E-state index contributed by atoms with van der Waals surface area (Å²) in [4.78, 5) is 4.45. The van der Waals surface area contributed by atoms with Gasteiger partial charge in [0.2, 0.25) is 0 Å². The highest BCUT2D eigenvalue weighted by atomic mass is 19.1. The Morgan fingerprint density at radius 3 is 2.83 bits per heavy atom. The number of aromatic nitrogens is 2. The minimum atomic E-state index is -0.257. The number of nitrogens with two attached hydrogens (primary N) is 1. The summed E-state index contributed by atoms with van der Waals surface area (Å²) in [7, 11) is 0. The molecule has 0 saturated heterocycles. The molecule has 0 unspecified atom stereocenters. The lowest BCUT2D eigenvalue weighted by molar-refractivity contribution is 0.628. The maximum atomic E-state index is 13.2. The number of imidazole rings is 1. The van der Waals surface area contributed by atoms with Crippen molar-refractivity contribution in [3.8, 4) is 11.3 Å². The molecule has 0 radical (unpaired) electrons. The van der Waals surface area contributed by atoms with Crippen molar-refractivity contribution in [3.63, 3.8) is 0 Å². The van der Waals surface area contributed by atoms with Crippen molar-refractivity contribution >= 4 is 5.65 Å². The van der Waals surface area contributed by atoms with Crippen LogP contribution < -0.4 is 5.73 Å². The van der Waals surface area contributed by atoms with E-state index in [1.54, 1.807) is 6.07 Å². The summed E-state index contributed by atoms with van der Waals surface area (Å²) >= 11 is 0. The van der Waals surface area contributed by atoms with Crippen LogP contribution in [-0.2, 0) is 6.54 Å². The van der Waals surface area contributed by atoms with Crippen LogP contribution in [-0.4, -0.2) is 9.38 Å². The lowest BCUT2D eigenvalue weighted by atomic mass is 10.2. The summed E-state index contributed by atoms with van der Waals surface area (Å²) in [6, 6.07) is 10.3. The van der Waals surface area contributed by atoms with Gasteiger partial charge >= 0.3 is 0 Å². The van der Waals surface area contributed by atoms with Gasteiger partial charge in [-0.3, -0.25) is 0 Å². The normalized spacial score (nSPS) is 11.0. The fourth-order valence-electron chi connectivity index (χ4n) is 1.95. The summed E-state index contributed by atoms with van der Waals surface area (Å²) in [6.07, 6.45) is 3.81. The zero-order valence-electron chi connectivity index (χ0n) is 9.68. The van der Waals surface area contributed by atoms with Crippen molar-refractivity contribution in [2.24, 2.45) is 5.73 Å². The Bertz CT molecular complexity index is 703. The van der Waals surface area contributed by atoms with Gasteiger partial charge in [-0.1, -0.05) is 18.2 Å². The van der Waals surface area contributed by atoms with Crippen LogP contribution in [0.3, 0.4) is 0 Å². The molecule has 3 nitrogen and oxygen atoms in total. The lowest BCUT2D eigenvalue weighted by Gasteiger charge is -1.96. The van der Waals surface area contributed by atoms with Crippen molar-refractivity contribution in [3.05, 3.63) is 60.2 Å². The number of benzene rings is 1. The average molecular weight is 241 g/mol. The lowest BCUT2D eigenvalue weighted by Crippen LogP contribution is -1.97. The van der Waals surface area contributed by atoms with E-state index in [9.17, 15) is 4.39 Å². The SMILES string of the molecule is NCc1ccc2nc(-c3cccc(F)c3)cn2c1. The first-order valence-corrected chi connectivity index (χ1v) is 5.70. The summed E-state index contributed by atoms with van der Waals surface area (Å²) in [6.45, 7) is 0.490. The molecule has 0 aliphatic rings. The zero-order valence-corrected chi connectivity index (χ0v) is 9.68. The van der Waals surface area contributed by atoms with E-state index in [1.807, 2.05) is 35.0 Å². The van der Waals surface area contributed by atoms with Crippen molar-refractivity contribution < 1.29 is 4.39 Å². The molecule has 1 aromatic carbocycles. The van der Waals surface area contributed by atoms with E-state index in [2.05, 4.69) is 4.98 Å². The number of pyridine rings is 1. The second-order valence-electron chi connectivity index (χ2n) is 4.14. The van der Waals surface area contributed by atoms with E-state index in [4.69, 9.17) is 5.73 Å². The number of fused-ring (bicyclic) bond motifs is 1. The van der Waals surface area contributed by atoms with Gasteiger partial charge in [0.15, 0.2) is 0 Å². The highest BCUT2D eigenvalue weighted by Gasteiger charge is 2.05. The molecule has 0 spiro atoms. The first-order valence-electron chi connectivity index (χ1n) is 5.70. The van der Waals surface area contributed by atoms with E-state index in [0.29, 0.717) is 6.54 Å². The van der Waals surface area contributed by atoms with Gasteiger partial charge in [-0.25, -0.2) is 9.37 Å². The van der Waals surface area contributed by atoms with Gasteiger partial charge in [-0.15, -0.1) is 0 Å². The Hall–Kier alpha value is -2.20. The molecule has 0 atom stereocenters. The van der Waals surface area contributed by atoms with Gasteiger partial charge in [0.25, 0.3) is 0 Å². The van der Waals surface area contributed by atoms with E-state index >= 15 is 0 Å². The average Bonchev–Trinajstić information content (AvgIpc) is 2.81. The monoisotopic (exact) mass is 241 g/mol. The highest BCUT2D eigenvalue weighted by molar-refractivity contribution is 5.62. The molecular formula is C14H12FN3. The second-order valence-corrected chi connectivity index (χ2v) is 4.14. The highest BCUT2D eigenvalue weighted by Crippen LogP contribution is 2.20. The van der Waals surface area contributed by atoms with Crippen molar-refractivity contribution in [1.82, 2.24) is 9.38 Å². The maximum absolute atomic E-state index is 13.2. The number of nitrogens with zero attached hydrogens (tertiary/aromatic N) is 2. The third kappa shape index (κ3) is 1.87. The maximum Gasteiger partial charge on any atom is 0.137 e. The van der Waals surface area contributed by atoms with Crippen LogP contribution >= 0.6 is 0 Å². The van der Waals surface area contributed by atoms with Crippen LogP contribution in [0.25, 0.3) is 16.9 Å². The molecular weight excluding hydrogens is 229 g/mol. The Morgan fingerprint density at radius 2 is 2.06 bits per heavy atom. The molecule has 4 heteroatoms. The van der Waals surface area contributed by atoms with Gasteiger partial charge < -0.3 is 10.1 Å². The number of halogens is 1. The Labute approximate surface area is 104 Å². The number of hydrogen-bond acceptors (Lipinski definition) is 2. The van der Waals surface area contributed by atoms with E-state index in [-0.39, 0.29) is 5.82 Å². The Balaban J connectivity index is 2.13. The largest absolute Gasteiger partial charge is 0.326 e. The molecule has 0 bridgehead atoms. The van der Waals surface area contributed by atoms with E-state index in [1.165, 1.54) is 12.1 Å². The van der Waals surface area contributed by atoms with Gasteiger partial charge in [-0.05, 0) is 23.8 Å². The van der Waals surface area contributed by atoms with Crippen molar-refractivity contribution in [2.45, 2.75) is 6.54 Å². The van der Waals surface area contributed by atoms with Crippen LogP contribution in [0.15, 0.2) is 48.8 Å². The van der Waals surface area contributed by atoms with Gasteiger partial charge in [-0.2, -0.15) is 0 Å². The molecule has 3 rings (SSSR count). The van der Waals surface area contributed by atoms with E-state index in [0.717, 1.165) is 22.5 Å². The molecule has 0 amide bonds. The minimum Gasteiger partial charge on any atom is -0.326 e. The summed E-state index contributed by atoms with van der Waals surface area (Å²) in [5.41, 5.74) is 8.98. The van der Waals surface area contributed by atoms with Gasteiger partial charge in [0.05, 0.1) is 5.69 Å². The number of hydrogen-bond donors (Lipinski definition) is 1. The van der Waals surface area contributed by atoms with Crippen LogP contribution in [0.2, 0.25) is 0 Å². The van der Waals surface area contributed by atoms with E-state index < -0.39 is 0 Å². The first-order chi connectivity index (χ1) is 8.76. The standard InChI is InChI=1S/C14H12FN3/c15-12-3-1-2-11(6-12)13-9-18-8-10(7-16)4-5-14(18)17-13/h1-6,8-9H,7,16H2. The molecule has 0 fully saturated rings. The smallest absolute Gasteiger partial charge is 0.137 e. The van der Waals surface area contributed by atoms with Gasteiger partial charge in [0, 0.05) is 24.5 Å². The van der Waals surface area contributed by atoms with Crippen LogP contribution in [0, 0.1) is 5.82 Å². The van der Waals surface area contributed by atoms with Crippen LogP contribution in [0.1, 0.15) is 5.56 Å². The molecule has 90 valence electrons. The summed E-state index contributed by atoms with van der Waals surface area (Å²) < 4.78 is 15.1. The van der Waals surface area contributed by atoms with Crippen molar-refractivity contribution in [1.29, 1.82) is 0 Å². The molecule has 2 N–H and O–H groups in total. The molecule has 0 saturated carbocycles. The molecule has 3 aromatic rings. The van der Waals surface area contributed by atoms with Crippen molar-refractivity contribution in [2.75, 3.05) is 0 Å². The molecule has 0 aliphatic heterocycles. The summed E-state index contributed by atoms with van der Waals surface area (Å²) in [5.74, 6) is -0.257. The molecule has 2 heterocycles. The third-order valence-electron chi connectivity index (χ3n) is 2.87. The molecule has 2 aromatic heterocycles. The van der Waals surface area contributed by atoms with Crippen LogP contribution in [0.5, 0.6) is 0 Å². The number of rotatable bonds is 2. The quantitative estimate of drug-likeness (QED) is 0.749. The third-order valence-corrected chi connectivity index (χ3v) is 2.87. The first kappa shape index (κ1) is 10.9. The molecule has 18 heavy (non-hydrogen) atoms. The fourth-order valence-corrected chi connectivity index (χ4v) is 1.95. The Kier molecular flexibility index (Phi) is 2.57. The van der Waals surface area contributed by atoms with Crippen LogP contribution in [0.4, 0.5) is 4.39 Å². The summed E-state index contributed by atoms with van der Waals surface area (Å²) in [5, 5.41) is 0. The minimum absolute atomic E-state index is 0.257. The predicted octanol–water partition coefficient (Wildman–Crippen LogP) is 2.60. The second kappa shape index (κ2) is 4.23. The molecule has 0 aliphatic carbocycles. The topological polar surface area (TPSA) is 43.3 Å². The van der Waals surface area contributed by atoms with Gasteiger partial charge in [0.1, 0.15) is 11.5 Å².